The van der Waals surface area contributed by atoms with Crippen molar-refractivity contribution >= 4 is 29.3 Å². The fourth-order valence-corrected chi connectivity index (χ4v) is 5.04. The Morgan fingerprint density at radius 3 is 2.25 bits per heavy atom. The summed E-state index contributed by atoms with van der Waals surface area (Å²) in [5.74, 6) is 2.13. The first-order valence-electron chi connectivity index (χ1n) is 6.60. The number of thioether (sulfide) groups is 2. The number of rotatable bonds is 4. The molecule has 1 saturated heterocycles. The molecule has 1 aromatic carbocycles. The van der Waals surface area contributed by atoms with Crippen LogP contribution in [0.25, 0.3) is 0 Å². The van der Waals surface area contributed by atoms with E-state index in [-0.39, 0.29) is 11.0 Å². The van der Waals surface area contributed by atoms with Gasteiger partial charge >= 0.3 is 0 Å². The van der Waals surface area contributed by atoms with Gasteiger partial charge < -0.3 is 9.47 Å². The first kappa shape index (κ1) is 15.6. The fraction of sp³-hybridized carbons (Fsp3) is 0.533. The van der Waals surface area contributed by atoms with Gasteiger partial charge in [-0.05, 0) is 12.1 Å². The van der Waals surface area contributed by atoms with Crippen LogP contribution in [0.3, 0.4) is 0 Å². The van der Waals surface area contributed by atoms with Crippen molar-refractivity contribution in [3.05, 3.63) is 23.8 Å². The molecule has 2 rings (SSSR count). The highest BCUT2D eigenvalue weighted by atomic mass is 32.2. The van der Waals surface area contributed by atoms with Crippen LogP contribution in [0.4, 0.5) is 0 Å². The van der Waals surface area contributed by atoms with E-state index in [9.17, 15) is 4.79 Å². The molecule has 20 heavy (non-hydrogen) atoms. The van der Waals surface area contributed by atoms with E-state index < -0.39 is 0 Å². The number of carbonyl (C=O) groups is 1. The summed E-state index contributed by atoms with van der Waals surface area (Å²) in [5, 5.41) is 1.03. The zero-order valence-electron chi connectivity index (χ0n) is 12.2. The SMILES string of the molecule is COc1cccc(OC)c1C(=O)C1CSC(C)C(C)S1. The highest BCUT2D eigenvalue weighted by Crippen LogP contribution is 2.39. The van der Waals surface area contributed by atoms with Gasteiger partial charge in [-0.25, -0.2) is 0 Å². The lowest BCUT2D eigenvalue weighted by molar-refractivity contribution is 0.0988. The topological polar surface area (TPSA) is 35.5 Å². The van der Waals surface area contributed by atoms with Gasteiger partial charge in [-0.15, -0.1) is 11.8 Å². The van der Waals surface area contributed by atoms with Gasteiger partial charge in [0.25, 0.3) is 0 Å². The van der Waals surface area contributed by atoms with Gasteiger partial charge in [0.2, 0.25) is 0 Å². The van der Waals surface area contributed by atoms with Crippen LogP contribution in [0.2, 0.25) is 0 Å². The highest BCUT2D eigenvalue weighted by molar-refractivity contribution is 8.08. The fourth-order valence-electron chi connectivity index (χ4n) is 2.18. The van der Waals surface area contributed by atoms with E-state index in [0.29, 0.717) is 27.6 Å². The van der Waals surface area contributed by atoms with Crippen molar-refractivity contribution in [1.29, 1.82) is 0 Å². The third-order valence-electron chi connectivity index (χ3n) is 3.52. The average molecular weight is 312 g/mol. The Balaban J connectivity index is 2.29. The molecule has 5 heteroatoms. The summed E-state index contributed by atoms with van der Waals surface area (Å²) in [5.41, 5.74) is 0.567. The van der Waals surface area contributed by atoms with Crippen LogP contribution in [0, 0.1) is 0 Å². The van der Waals surface area contributed by atoms with Gasteiger partial charge in [-0.1, -0.05) is 19.9 Å². The molecule has 3 nitrogen and oxygen atoms in total. The molecule has 1 heterocycles. The van der Waals surface area contributed by atoms with E-state index in [1.165, 1.54) is 0 Å². The third kappa shape index (κ3) is 3.09. The first-order valence-corrected chi connectivity index (χ1v) is 8.60. The number of carbonyl (C=O) groups excluding carboxylic acids is 1. The van der Waals surface area contributed by atoms with Gasteiger partial charge in [-0.3, -0.25) is 4.79 Å². The maximum Gasteiger partial charge on any atom is 0.184 e. The summed E-state index contributed by atoms with van der Waals surface area (Å²) in [6, 6.07) is 5.45. The predicted molar refractivity (Wildman–Crippen MR) is 86.6 cm³/mol. The molecule has 0 bridgehead atoms. The quantitative estimate of drug-likeness (QED) is 0.795. The average Bonchev–Trinajstić information content (AvgIpc) is 2.48. The second-order valence-corrected chi connectivity index (χ2v) is 7.77. The molecular weight excluding hydrogens is 292 g/mol. The van der Waals surface area contributed by atoms with E-state index in [4.69, 9.17) is 9.47 Å². The Morgan fingerprint density at radius 1 is 1.15 bits per heavy atom. The molecular formula is C15H20O3S2. The Hall–Kier alpha value is -0.810. The van der Waals surface area contributed by atoms with Crippen molar-refractivity contribution in [3.63, 3.8) is 0 Å². The molecule has 0 amide bonds. The lowest BCUT2D eigenvalue weighted by Crippen LogP contribution is -2.32. The summed E-state index contributed by atoms with van der Waals surface area (Å²) < 4.78 is 10.7. The van der Waals surface area contributed by atoms with Crippen LogP contribution >= 0.6 is 23.5 Å². The maximum atomic E-state index is 12.8. The van der Waals surface area contributed by atoms with Crippen molar-refractivity contribution in [3.8, 4) is 11.5 Å². The van der Waals surface area contributed by atoms with Crippen molar-refractivity contribution in [2.75, 3.05) is 20.0 Å². The summed E-state index contributed by atoms with van der Waals surface area (Å²) in [6.45, 7) is 4.40. The van der Waals surface area contributed by atoms with Gasteiger partial charge in [0.15, 0.2) is 5.78 Å². The Kier molecular flexibility index (Phi) is 5.27. The molecule has 0 spiro atoms. The molecule has 3 atom stereocenters. The molecule has 1 fully saturated rings. The minimum absolute atomic E-state index is 0.0311. The van der Waals surface area contributed by atoms with Crippen molar-refractivity contribution in [1.82, 2.24) is 0 Å². The molecule has 1 aromatic rings. The van der Waals surface area contributed by atoms with Crippen LogP contribution in [0.1, 0.15) is 24.2 Å². The zero-order chi connectivity index (χ0) is 14.7. The lowest BCUT2D eigenvalue weighted by Gasteiger charge is -2.30. The molecule has 1 aliphatic heterocycles. The third-order valence-corrected chi connectivity index (χ3v) is 6.91. The van der Waals surface area contributed by atoms with E-state index in [1.807, 2.05) is 30.0 Å². The monoisotopic (exact) mass is 312 g/mol. The number of benzene rings is 1. The molecule has 0 aromatic heterocycles. The van der Waals surface area contributed by atoms with Crippen molar-refractivity contribution < 1.29 is 14.3 Å². The second-order valence-electron chi connectivity index (χ2n) is 4.77. The number of hydrogen-bond donors (Lipinski definition) is 0. The predicted octanol–water partition coefficient (Wildman–Crippen LogP) is 3.51. The molecule has 3 unspecified atom stereocenters. The largest absolute Gasteiger partial charge is 0.496 e. The molecule has 0 saturated carbocycles. The maximum absolute atomic E-state index is 12.8. The highest BCUT2D eigenvalue weighted by Gasteiger charge is 2.33. The summed E-state index contributed by atoms with van der Waals surface area (Å²) in [7, 11) is 3.16. The van der Waals surface area contributed by atoms with E-state index in [2.05, 4.69) is 13.8 Å². The Morgan fingerprint density at radius 2 is 1.75 bits per heavy atom. The van der Waals surface area contributed by atoms with Gasteiger partial charge in [-0.2, -0.15) is 11.8 Å². The Bertz CT molecular complexity index is 468. The van der Waals surface area contributed by atoms with Gasteiger partial charge in [0.1, 0.15) is 17.1 Å². The van der Waals surface area contributed by atoms with Crippen LogP contribution in [-0.4, -0.2) is 41.5 Å². The number of ether oxygens (including phenoxy) is 2. The number of hydrogen-bond acceptors (Lipinski definition) is 5. The van der Waals surface area contributed by atoms with E-state index in [0.717, 1.165) is 5.75 Å². The van der Waals surface area contributed by atoms with Crippen LogP contribution < -0.4 is 9.47 Å². The number of methoxy groups -OCH3 is 2. The van der Waals surface area contributed by atoms with Gasteiger partial charge in [0.05, 0.1) is 19.5 Å². The number of Topliss-reactive ketones (excluding diaryl/α,β-unsaturated/α-hetero) is 1. The minimum atomic E-state index is -0.0311. The Labute approximate surface area is 128 Å². The van der Waals surface area contributed by atoms with Crippen LogP contribution in [0.15, 0.2) is 18.2 Å². The normalized spacial score (nSPS) is 26.1. The molecule has 0 radical (unpaired) electrons. The molecule has 0 aliphatic carbocycles. The zero-order valence-corrected chi connectivity index (χ0v) is 13.8. The summed E-state index contributed by atoms with van der Waals surface area (Å²) in [4.78, 5) is 12.8. The molecule has 0 N–H and O–H groups in total. The second kappa shape index (κ2) is 6.76. The van der Waals surface area contributed by atoms with Crippen LogP contribution in [0.5, 0.6) is 11.5 Å². The smallest absolute Gasteiger partial charge is 0.184 e. The lowest BCUT2D eigenvalue weighted by atomic mass is 10.1. The molecule has 110 valence electrons. The van der Waals surface area contributed by atoms with Crippen molar-refractivity contribution in [2.45, 2.75) is 29.6 Å². The molecule has 1 aliphatic rings. The standard InChI is InChI=1S/C15H20O3S2/c1-9-10(2)20-13(8-19-9)15(16)14-11(17-3)6-5-7-12(14)18-4/h5-7,9-10,13H,8H2,1-4H3. The summed E-state index contributed by atoms with van der Waals surface area (Å²) >= 11 is 3.62. The van der Waals surface area contributed by atoms with Gasteiger partial charge in [0, 0.05) is 16.3 Å². The van der Waals surface area contributed by atoms with E-state index >= 15 is 0 Å². The van der Waals surface area contributed by atoms with E-state index in [1.54, 1.807) is 26.0 Å². The first-order chi connectivity index (χ1) is 9.58. The number of ketones is 1. The van der Waals surface area contributed by atoms with Crippen LogP contribution in [-0.2, 0) is 0 Å². The summed E-state index contributed by atoms with van der Waals surface area (Å²) in [6.07, 6.45) is 0. The minimum Gasteiger partial charge on any atom is -0.496 e. The van der Waals surface area contributed by atoms with Crippen molar-refractivity contribution in [2.24, 2.45) is 0 Å².